The second kappa shape index (κ2) is 10.0. The first-order chi connectivity index (χ1) is 18.5. The number of halogens is 3. The predicted octanol–water partition coefficient (Wildman–Crippen LogP) is 5.34. The molecule has 0 fully saturated rings. The Morgan fingerprint density at radius 2 is 1.79 bits per heavy atom. The van der Waals surface area contributed by atoms with E-state index in [0.717, 1.165) is 5.56 Å². The summed E-state index contributed by atoms with van der Waals surface area (Å²) in [4.78, 5) is 44.5. The summed E-state index contributed by atoms with van der Waals surface area (Å²) in [6.45, 7) is 1.85. The molecule has 2 aromatic heterocycles. The summed E-state index contributed by atoms with van der Waals surface area (Å²) in [6.07, 6.45) is -0.228. The highest BCUT2D eigenvalue weighted by molar-refractivity contribution is 6.30. The number of hydrazone groups is 1. The van der Waals surface area contributed by atoms with Crippen molar-refractivity contribution < 1.29 is 23.5 Å². The van der Waals surface area contributed by atoms with E-state index in [-0.39, 0.29) is 17.7 Å². The highest BCUT2D eigenvalue weighted by atomic mass is 35.5. The topological polar surface area (TPSA) is 116 Å². The molecule has 8 nitrogen and oxygen atoms in total. The molecule has 3 heterocycles. The maximum absolute atomic E-state index is 14.7. The van der Waals surface area contributed by atoms with Gasteiger partial charge in [-0.2, -0.15) is 13.9 Å². The lowest BCUT2D eigenvalue weighted by Gasteiger charge is -2.25. The van der Waals surface area contributed by atoms with E-state index < -0.39 is 35.8 Å². The lowest BCUT2D eigenvalue weighted by molar-refractivity contribution is -0.167. The molecule has 0 aliphatic carbocycles. The van der Waals surface area contributed by atoms with Crippen LogP contribution in [-0.2, 0) is 9.59 Å². The zero-order chi connectivity index (χ0) is 27.9. The van der Waals surface area contributed by atoms with Crippen molar-refractivity contribution >= 4 is 40.2 Å². The molecule has 0 saturated heterocycles. The van der Waals surface area contributed by atoms with Crippen LogP contribution >= 0.6 is 11.6 Å². The predicted molar refractivity (Wildman–Crippen MR) is 142 cm³/mol. The van der Waals surface area contributed by atoms with Crippen molar-refractivity contribution in [1.82, 2.24) is 15.0 Å². The van der Waals surface area contributed by atoms with E-state index in [1.807, 2.05) is 6.92 Å². The van der Waals surface area contributed by atoms with E-state index >= 15 is 0 Å². The molecule has 1 aliphatic rings. The van der Waals surface area contributed by atoms with Gasteiger partial charge >= 0.3 is 17.8 Å². The van der Waals surface area contributed by atoms with Crippen LogP contribution in [-0.4, -0.2) is 43.6 Å². The fraction of sp³-hybridized carbons (Fsp3) is 0.179. The third kappa shape index (κ3) is 5.03. The number of hydrogen-bond acceptors (Lipinski definition) is 5. The monoisotopic (exact) mass is 550 g/mol. The van der Waals surface area contributed by atoms with Crippen molar-refractivity contribution in [2.75, 3.05) is 0 Å². The van der Waals surface area contributed by atoms with E-state index in [1.165, 1.54) is 6.20 Å². The van der Waals surface area contributed by atoms with Crippen LogP contribution in [0.25, 0.3) is 22.2 Å². The van der Waals surface area contributed by atoms with Crippen molar-refractivity contribution in [1.29, 1.82) is 0 Å². The molecule has 4 aromatic rings. The van der Waals surface area contributed by atoms with Crippen molar-refractivity contribution in [3.05, 3.63) is 98.9 Å². The van der Waals surface area contributed by atoms with Gasteiger partial charge in [0.05, 0.1) is 17.3 Å². The molecule has 0 spiro atoms. The van der Waals surface area contributed by atoms with Gasteiger partial charge in [0, 0.05) is 28.6 Å². The van der Waals surface area contributed by atoms with Gasteiger partial charge in [-0.15, -0.1) is 0 Å². The van der Waals surface area contributed by atoms with E-state index in [9.17, 15) is 23.2 Å². The van der Waals surface area contributed by atoms with Crippen LogP contribution in [0.5, 0.6) is 0 Å². The number of aryl methyl sites for hydroxylation is 1. The van der Waals surface area contributed by atoms with Crippen LogP contribution < -0.4 is 5.56 Å². The first kappa shape index (κ1) is 26.2. The molecule has 0 radical (unpaired) electrons. The Kier molecular flexibility index (Phi) is 6.73. The summed E-state index contributed by atoms with van der Waals surface area (Å²) < 4.78 is 29.5. The summed E-state index contributed by atoms with van der Waals surface area (Å²) in [7, 11) is 0. The Bertz CT molecular complexity index is 1690. The fourth-order valence-corrected chi connectivity index (χ4v) is 4.77. The minimum Gasteiger partial charge on any atom is -0.481 e. The second-order valence-corrected chi connectivity index (χ2v) is 9.65. The number of carboxylic acids is 1. The van der Waals surface area contributed by atoms with E-state index in [4.69, 9.17) is 16.7 Å². The number of pyridine rings is 2. The highest BCUT2D eigenvalue weighted by Crippen LogP contribution is 2.39. The van der Waals surface area contributed by atoms with Gasteiger partial charge in [0.1, 0.15) is 12.1 Å². The number of aromatic amines is 1. The second-order valence-electron chi connectivity index (χ2n) is 9.21. The first-order valence-corrected chi connectivity index (χ1v) is 12.3. The molecule has 11 heteroatoms. The fourth-order valence-electron chi connectivity index (χ4n) is 4.65. The molecule has 0 saturated carbocycles. The lowest BCUT2D eigenvalue weighted by atomic mass is 9.91. The van der Waals surface area contributed by atoms with Gasteiger partial charge in [-0.05, 0) is 42.3 Å². The highest BCUT2D eigenvalue weighted by Gasteiger charge is 2.49. The Labute approximate surface area is 225 Å². The normalized spacial score (nSPS) is 15.4. The quantitative estimate of drug-likeness (QED) is 0.336. The lowest BCUT2D eigenvalue weighted by Crippen LogP contribution is -2.42. The minimum absolute atomic E-state index is 0.0621. The van der Waals surface area contributed by atoms with E-state index in [0.29, 0.717) is 37.8 Å². The number of carboxylic acid groups (broad SMARTS) is 1. The van der Waals surface area contributed by atoms with Gasteiger partial charge in [-0.1, -0.05) is 53.6 Å². The molecule has 0 bridgehead atoms. The Morgan fingerprint density at radius 1 is 1.10 bits per heavy atom. The minimum atomic E-state index is -4.22. The van der Waals surface area contributed by atoms with Gasteiger partial charge < -0.3 is 10.1 Å². The Morgan fingerprint density at radius 3 is 2.46 bits per heavy atom. The number of amides is 1. The average Bonchev–Trinajstić information content (AvgIpc) is 3.32. The van der Waals surface area contributed by atoms with Crippen molar-refractivity contribution in [3.8, 4) is 11.1 Å². The SMILES string of the molecule is Cc1ccc(C2CC(c3c(-c4ccc(Cl)cc4)c4cccnc4[nH]c3=O)=NN2C(=O)C(F)(F)CC(=O)O)cc1. The van der Waals surface area contributed by atoms with Crippen molar-refractivity contribution in [3.63, 3.8) is 0 Å². The third-order valence-electron chi connectivity index (χ3n) is 6.47. The Hall–Kier alpha value is -4.44. The van der Waals surface area contributed by atoms with E-state index in [1.54, 1.807) is 60.7 Å². The number of aromatic nitrogens is 2. The molecule has 1 atom stereocenters. The van der Waals surface area contributed by atoms with Crippen LogP contribution in [0.15, 0.2) is 76.8 Å². The molecule has 198 valence electrons. The number of nitrogens with one attached hydrogen (secondary N) is 1. The van der Waals surface area contributed by atoms with Gasteiger partial charge in [-0.25, -0.2) is 9.99 Å². The Balaban J connectivity index is 1.72. The number of aliphatic carboxylic acids is 1. The van der Waals surface area contributed by atoms with Gasteiger partial charge in [0.2, 0.25) is 0 Å². The summed E-state index contributed by atoms with van der Waals surface area (Å²) in [6, 6.07) is 16.1. The molecular formula is C28H21ClF2N4O4. The standard InChI is InChI=1S/C28H21ClF2N4O4/c1-15-4-6-16(7-5-15)21-13-20(34-35(21)27(39)28(30,31)14-22(36)37)24-23(17-8-10-18(29)11-9-17)19-3-2-12-32-25(19)33-26(24)38/h2-12,21H,13-14H2,1H3,(H,36,37)(H,32,33,38). The molecule has 1 amide bonds. The van der Waals surface area contributed by atoms with Crippen LogP contribution in [0, 0.1) is 6.92 Å². The van der Waals surface area contributed by atoms with Crippen molar-refractivity contribution in [2.24, 2.45) is 5.10 Å². The number of benzene rings is 2. The summed E-state index contributed by atoms with van der Waals surface area (Å²) in [5, 5.41) is 14.8. The number of hydrogen-bond donors (Lipinski definition) is 2. The number of carbonyl (C=O) groups is 2. The van der Waals surface area contributed by atoms with Gasteiger partial charge in [0.15, 0.2) is 0 Å². The van der Waals surface area contributed by atoms with Crippen molar-refractivity contribution in [2.45, 2.75) is 31.7 Å². The number of H-pyrrole nitrogens is 1. The molecule has 2 aromatic carbocycles. The third-order valence-corrected chi connectivity index (χ3v) is 6.73. The van der Waals surface area contributed by atoms with Crippen LogP contribution in [0.3, 0.4) is 0 Å². The zero-order valence-corrected chi connectivity index (χ0v) is 21.2. The van der Waals surface area contributed by atoms with Crippen LogP contribution in [0.4, 0.5) is 8.78 Å². The number of nitrogens with zero attached hydrogens (tertiary/aromatic N) is 3. The van der Waals surface area contributed by atoms with Gasteiger partial charge in [0.25, 0.3) is 5.56 Å². The summed E-state index contributed by atoms with van der Waals surface area (Å²) >= 11 is 6.09. The molecule has 1 aliphatic heterocycles. The van der Waals surface area contributed by atoms with E-state index in [2.05, 4.69) is 15.1 Å². The summed E-state index contributed by atoms with van der Waals surface area (Å²) in [5.41, 5.74) is 2.40. The number of alkyl halides is 2. The first-order valence-electron chi connectivity index (χ1n) is 11.9. The largest absolute Gasteiger partial charge is 0.481 e. The maximum atomic E-state index is 14.7. The molecule has 1 unspecified atom stereocenters. The van der Waals surface area contributed by atoms with Crippen LogP contribution in [0.1, 0.15) is 35.6 Å². The number of fused-ring (bicyclic) bond motifs is 1. The number of carbonyl (C=O) groups excluding carboxylic acids is 1. The van der Waals surface area contributed by atoms with Crippen LogP contribution in [0.2, 0.25) is 5.02 Å². The smallest absolute Gasteiger partial charge is 0.337 e. The molecule has 5 rings (SSSR count). The average molecular weight is 551 g/mol. The molecule has 39 heavy (non-hydrogen) atoms. The number of rotatable bonds is 6. The maximum Gasteiger partial charge on any atom is 0.337 e. The molecule has 2 N–H and O–H groups in total. The summed E-state index contributed by atoms with van der Waals surface area (Å²) in [5.74, 6) is -7.81. The molecular weight excluding hydrogens is 530 g/mol. The van der Waals surface area contributed by atoms with Gasteiger partial charge in [-0.3, -0.25) is 14.4 Å². The zero-order valence-electron chi connectivity index (χ0n) is 20.5.